The number of β-amino-alcohol motifs (C(OH)–C–C–N with tert-alkyl or cyclic N) is 1. The Morgan fingerprint density at radius 2 is 2.00 bits per heavy atom. The molecular formula is C11H19NO. The van der Waals surface area contributed by atoms with Crippen LogP contribution >= 0.6 is 0 Å². The maximum atomic E-state index is 9.85. The average Bonchev–Trinajstić information content (AvgIpc) is 2.61. The lowest BCUT2D eigenvalue weighted by Gasteiger charge is -2.43. The first-order valence-electron chi connectivity index (χ1n) is 5.68. The van der Waals surface area contributed by atoms with Gasteiger partial charge in [0.1, 0.15) is 0 Å². The summed E-state index contributed by atoms with van der Waals surface area (Å²) in [6, 6.07) is 0. The summed E-state index contributed by atoms with van der Waals surface area (Å²) >= 11 is 0. The Labute approximate surface area is 79.9 Å². The molecule has 2 nitrogen and oxygen atoms in total. The molecule has 1 saturated heterocycles. The fourth-order valence-electron chi connectivity index (χ4n) is 2.76. The Kier molecular flexibility index (Phi) is 1.72. The summed E-state index contributed by atoms with van der Waals surface area (Å²) in [7, 11) is 0. The fraction of sp³-hybridized carbons (Fsp3) is 1.00. The van der Waals surface area contributed by atoms with Crippen molar-refractivity contribution < 1.29 is 5.11 Å². The summed E-state index contributed by atoms with van der Waals surface area (Å²) in [4.78, 5) is 2.44. The minimum absolute atomic E-state index is 0.0233. The zero-order valence-electron chi connectivity index (χ0n) is 8.21. The molecule has 3 rings (SSSR count). The Hall–Kier alpha value is -0.0800. The molecule has 0 aromatic heterocycles. The number of likely N-dealkylation sites (tertiary alicyclic amines) is 1. The quantitative estimate of drug-likeness (QED) is 0.708. The highest BCUT2D eigenvalue weighted by molar-refractivity contribution is 5.05. The minimum Gasteiger partial charge on any atom is -0.392 e. The zero-order chi connectivity index (χ0) is 8.89. The second kappa shape index (κ2) is 2.71. The van der Waals surface area contributed by atoms with Crippen LogP contribution in [0.3, 0.4) is 0 Å². The van der Waals surface area contributed by atoms with Crippen LogP contribution in [0.15, 0.2) is 0 Å². The van der Waals surface area contributed by atoms with Crippen LogP contribution in [0.25, 0.3) is 0 Å². The summed E-state index contributed by atoms with van der Waals surface area (Å²) in [5.74, 6) is 0.635. The summed E-state index contributed by atoms with van der Waals surface area (Å²) in [6.45, 7) is 3.50. The number of aliphatic hydroxyl groups excluding tert-OH is 1. The van der Waals surface area contributed by atoms with Gasteiger partial charge in [-0.15, -0.1) is 0 Å². The maximum absolute atomic E-state index is 9.85. The Morgan fingerprint density at radius 1 is 1.31 bits per heavy atom. The molecule has 0 aromatic carbocycles. The summed E-state index contributed by atoms with van der Waals surface area (Å²) in [5.41, 5.74) is 0.749. The van der Waals surface area contributed by atoms with E-state index < -0.39 is 0 Å². The van der Waals surface area contributed by atoms with Gasteiger partial charge in [-0.2, -0.15) is 0 Å². The summed E-state index contributed by atoms with van der Waals surface area (Å²) < 4.78 is 0. The van der Waals surface area contributed by atoms with Gasteiger partial charge in [0.25, 0.3) is 0 Å². The SMILES string of the molecule is OC(CN1CC2(CC2)C1)C1CCC1. The molecule has 1 unspecified atom stereocenters. The third-order valence-electron chi connectivity index (χ3n) is 4.21. The van der Waals surface area contributed by atoms with Crippen LogP contribution in [0.5, 0.6) is 0 Å². The molecule has 1 aliphatic heterocycles. The lowest BCUT2D eigenvalue weighted by atomic mass is 9.80. The number of rotatable bonds is 3. The van der Waals surface area contributed by atoms with E-state index >= 15 is 0 Å². The topological polar surface area (TPSA) is 23.5 Å². The van der Waals surface area contributed by atoms with Gasteiger partial charge in [0.2, 0.25) is 0 Å². The molecule has 1 atom stereocenters. The molecule has 0 bridgehead atoms. The van der Waals surface area contributed by atoms with Crippen molar-refractivity contribution >= 4 is 0 Å². The van der Waals surface area contributed by atoms with Gasteiger partial charge in [-0.1, -0.05) is 6.42 Å². The van der Waals surface area contributed by atoms with Gasteiger partial charge in [-0.05, 0) is 37.0 Å². The molecule has 1 spiro atoms. The molecule has 1 heterocycles. The van der Waals surface area contributed by atoms with Crippen molar-refractivity contribution in [1.82, 2.24) is 4.90 Å². The van der Waals surface area contributed by atoms with E-state index in [1.165, 1.54) is 45.2 Å². The molecule has 2 heteroatoms. The number of nitrogens with zero attached hydrogens (tertiary/aromatic N) is 1. The van der Waals surface area contributed by atoms with Gasteiger partial charge in [0, 0.05) is 19.6 Å². The van der Waals surface area contributed by atoms with E-state index in [1.807, 2.05) is 0 Å². The molecule has 3 aliphatic rings. The van der Waals surface area contributed by atoms with Gasteiger partial charge in [-0.25, -0.2) is 0 Å². The molecule has 0 radical (unpaired) electrons. The monoisotopic (exact) mass is 181 g/mol. The van der Waals surface area contributed by atoms with Crippen LogP contribution in [0.2, 0.25) is 0 Å². The maximum Gasteiger partial charge on any atom is 0.0695 e. The van der Waals surface area contributed by atoms with E-state index in [-0.39, 0.29) is 6.10 Å². The second-order valence-corrected chi connectivity index (χ2v) is 5.43. The van der Waals surface area contributed by atoms with Crippen molar-refractivity contribution in [2.75, 3.05) is 19.6 Å². The highest BCUT2D eigenvalue weighted by Gasteiger charge is 2.52. The van der Waals surface area contributed by atoms with Crippen LogP contribution < -0.4 is 0 Å². The summed E-state index contributed by atoms with van der Waals surface area (Å²) in [6.07, 6.45) is 6.74. The average molecular weight is 181 g/mol. The largest absolute Gasteiger partial charge is 0.392 e. The van der Waals surface area contributed by atoms with E-state index in [4.69, 9.17) is 0 Å². The minimum atomic E-state index is -0.0233. The predicted octanol–water partition coefficient (Wildman–Crippen LogP) is 1.24. The third kappa shape index (κ3) is 1.40. The first-order chi connectivity index (χ1) is 6.27. The van der Waals surface area contributed by atoms with Crippen LogP contribution in [0.4, 0.5) is 0 Å². The van der Waals surface area contributed by atoms with E-state index in [0.717, 1.165) is 12.0 Å². The van der Waals surface area contributed by atoms with Crippen molar-refractivity contribution in [2.45, 2.75) is 38.2 Å². The van der Waals surface area contributed by atoms with Crippen molar-refractivity contribution in [1.29, 1.82) is 0 Å². The highest BCUT2D eigenvalue weighted by Crippen LogP contribution is 2.52. The van der Waals surface area contributed by atoms with E-state index in [0.29, 0.717) is 5.92 Å². The number of hydrogen-bond donors (Lipinski definition) is 1. The molecule has 3 fully saturated rings. The molecule has 1 N–H and O–H groups in total. The second-order valence-electron chi connectivity index (χ2n) is 5.43. The summed E-state index contributed by atoms with van der Waals surface area (Å²) in [5, 5.41) is 9.85. The number of aliphatic hydroxyl groups is 1. The molecule has 13 heavy (non-hydrogen) atoms. The van der Waals surface area contributed by atoms with Gasteiger partial charge >= 0.3 is 0 Å². The first kappa shape index (κ1) is 8.25. The number of hydrogen-bond acceptors (Lipinski definition) is 2. The molecule has 0 aromatic rings. The van der Waals surface area contributed by atoms with Gasteiger partial charge < -0.3 is 5.11 Å². The van der Waals surface area contributed by atoms with Gasteiger partial charge in [0.05, 0.1) is 6.10 Å². The van der Waals surface area contributed by atoms with Crippen LogP contribution in [0, 0.1) is 11.3 Å². The van der Waals surface area contributed by atoms with Crippen molar-refractivity contribution in [2.24, 2.45) is 11.3 Å². The fourth-order valence-corrected chi connectivity index (χ4v) is 2.76. The Morgan fingerprint density at radius 3 is 2.46 bits per heavy atom. The van der Waals surface area contributed by atoms with Crippen LogP contribution in [0.1, 0.15) is 32.1 Å². The Balaban J connectivity index is 1.42. The lowest BCUT2D eigenvalue weighted by Crippen LogP contribution is -2.52. The molecule has 2 aliphatic carbocycles. The molecule has 74 valence electrons. The molecule has 2 saturated carbocycles. The van der Waals surface area contributed by atoms with E-state index in [2.05, 4.69) is 4.90 Å². The third-order valence-corrected chi connectivity index (χ3v) is 4.21. The van der Waals surface area contributed by atoms with E-state index in [1.54, 1.807) is 0 Å². The standard InChI is InChI=1S/C11H19NO/c13-10(9-2-1-3-9)6-12-7-11(8-12)4-5-11/h9-10,13H,1-8H2. The van der Waals surface area contributed by atoms with E-state index in [9.17, 15) is 5.11 Å². The van der Waals surface area contributed by atoms with Crippen molar-refractivity contribution in [3.8, 4) is 0 Å². The molecule has 0 amide bonds. The first-order valence-corrected chi connectivity index (χ1v) is 5.68. The predicted molar refractivity (Wildman–Crippen MR) is 51.5 cm³/mol. The zero-order valence-corrected chi connectivity index (χ0v) is 8.21. The molecular weight excluding hydrogens is 162 g/mol. The van der Waals surface area contributed by atoms with Crippen LogP contribution in [-0.4, -0.2) is 35.7 Å². The van der Waals surface area contributed by atoms with Crippen LogP contribution in [-0.2, 0) is 0 Å². The highest BCUT2D eigenvalue weighted by atomic mass is 16.3. The van der Waals surface area contributed by atoms with Gasteiger partial charge in [0.15, 0.2) is 0 Å². The van der Waals surface area contributed by atoms with Crippen molar-refractivity contribution in [3.63, 3.8) is 0 Å². The normalized spacial score (nSPS) is 33.9. The van der Waals surface area contributed by atoms with Gasteiger partial charge in [-0.3, -0.25) is 4.90 Å². The smallest absolute Gasteiger partial charge is 0.0695 e. The van der Waals surface area contributed by atoms with Crippen molar-refractivity contribution in [3.05, 3.63) is 0 Å². The lowest BCUT2D eigenvalue weighted by molar-refractivity contribution is -0.0127. The Bertz CT molecular complexity index is 200.